The second-order valence-corrected chi connectivity index (χ2v) is 5.64. The van der Waals surface area contributed by atoms with Crippen molar-refractivity contribution in [3.05, 3.63) is 0 Å². The smallest absolute Gasteiger partial charge is 0.307 e. The van der Waals surface area contributed by atoms with Crippen LogP contribution in [0, 0.1) is 0 Å². The Bertz CT molecular complexity index is 206. The number of esters is 1. The molecule has 1 heterocycles. The van der Waals surface area contributed by atoms with Crippen LogP contribution in [0.2, 0.25) is 0 Å². The van der Waals surface area contributed by atoms with E-state index in [0.29, 0.717) is 11.7 Å². The second-order valence-electron chi connectivity index (χ2n) is 4.56. The number of rotatable bonds is 8. The van der Waals surface area contributed by atoms with E-state index in [1.54, 1.807) is 11.8 Å². The molecule has 1 aliphatic rings. The highest BCUT2D eigenvalue weighted by Gasteiger charge is 2.33. The zero-order valence-corrected chi connectivity index (χ0v) is 11.4. The van der Waals surface area contributed by atoms with Gasteiger partial charge in [0.25, 0.3) is 0 Å². The summed E-state index contributed by atoms with van der Waals surface area (Å²) in [6.45, 7) is 2.24. The van der Waals surface area contributed by atoms with E-state index in [1.807, 2.05) is 0 Å². The first-order valence-electron chi connectivity index (χ1n) is 6.50. The monoisotopic (exact) mass is 244 g/mol. The Morgan fingerprint density at radius 1 is 1.25 bits per heavy atom. The molecular weight excluding hydrogens is 220 g/mol. The summed E-state index contributed by atoms with van der Waals surface area (Å²) in [6.07, 6.45) is 11.8. The molecule has 0 aromatic heterocycles. The van der Waals surface area contributed by atoms with E-state index in [0.717, 1.165) is 6.42 Å². The van der Waals surface area contributed by atoms with Crippen LogP contribution in [-0.2, 0) is 9.53 Å². The maximum absolute atomic E-state index is 11.2. The summed E-state index contributed by atoms with van der Waals surface area (Å²) in [5.41, 5.74) is 0. The van der Waals surface area contributed by atoms with Crippen LogP contribution >= 0.6 is 11.8 Å². The van der Waals surface area contributed by atoms with Crippen LogP contribution in [0.15, 0.2) is 0 Å². The van der Waals surface area contributed by atoms with E-state index < -0.39 is 0 Å². The van der Waals surface area contributed by atoms with Crippen molar-refractivity contribution < 1.29 is 9.53 Å². The maximum atomic E-state index is 11.2. The Balaban J connectivity index is 2.05. The molecule has 0 amide bonds. The van der Waals surface area contributed by atoms with Crippen molar-refractivity contribution in [1.29, 1.82) is 0 Å². The van der Waals surface area contributed by atoms with Crippen LogP contribution < -0.4 is 0 Å². The molecule has 3 heteroatoms. The first kappa shape index (κ1) is 13.9. The molecule has 1 rings (SSSR count). The maximum Gasteiger partial charge on any atom is 0.307 e. The molecular formula is C13H24O2S. The van der Waals surface area contributed by atoms with Crippen molar-refractivity contribution in [2.24, 2.45) is 0 Å². The molecule has 1 saturated heterocycles. The lowest BCUT2D eigenvalue weighted by Crippen LogP contribution is -2.17. The average Bonchev–Trinajstić information content (AvgIpc) is 2.64. The summed E-state index contributed by atoms with van der Waals surface area (Å²) in [4.78, 5) is 11.2. The Morgan fingerprint density at radius 3 is 2.62 bits per heavy atom. The molecule has 94 valence electrons. The van der Waals surface area contributed by atoms with Gasteiger partial charge in [0.2, 0.25) is 0 Å². The zero-order valence-electron chi connectivity index (χ0n) is 10.5. The molecule has 0 aromatic rings. The number of hydrogen-bond acceptors (Lipinski definition) is 3. The van der Waals surface area contributed by atoms with Gasteiger partial charge in [-0.05, 0) is 19.1 Å². The summed E-state index contributed by atoms with van der Waals surface area (Å²) in [7, 11) is 0. The predicted octanol–water partition coefficient (Wildman–Crippen LogP) is 3.78. The first-order chi connectivity index (χ1) is 7.77. The molecule has 0 unspecified atom stereocenters. The van der Waals surface area contributed by atoms with Crippen molar-refractivity contribution in [2.75, 3.05) is 6.26 Å². The predicted molar refractivity (Wildman–Crippen MR) is 69.8 cm³/mol. The summed E-state index contributed by atoms with van der Waals surface area (Å²) in [5.74, 6) is -0.00432. The van der Waals surface area contributed by atoms with Crippen LogP contribution in [0.3, 0.4) is 0 Å². The highest BCUT2D eigenvalue weighted by molar-refractivity contribution is 7.99. The SMILES string of the molecule is CCCCCCCC[C@@H]1OC(=O)C[C@H]1SC. The van der Waals surface area contributed by atoms with E-state index >= 15 is 0 Å². The third-order valence-corrected chi connectivity index (χ3v) is 4.29. The van der Waals surface area contributed by atoms with Crippen molar-refractivity contribution in [1.82, 2.24) is 0 Å². The molecule has 2 atom stereocenters. The normalized spacial score (nSPS) is 24.8. The van der Waals surface area contributed by atoms with Crippen LogP contribution in [0.25, 0.3) is 0 Å². The standard InChI is InChI=1S/C13H24O2S/c1-3-4-5-6-7-8-9-11-12(16-2)10-13(14)15-11/h11-12H,3-10H2,1-2H3/t11-,12+/m0/s1. The third kappa shape index (κ3) is 4.77. The minimum absolute atomic E-state index is 0.00432. The van der Waals surface area contributed by atoms with Gasteiger partial charge in [0.15, 0.2) is 0 Å². The Labute approximate surface area is 104 Å². The van der Waals surface area contributed by atoms with Crippen LogP contribution in [-0.4, -0.2) is 23.6 Å². The van der Waals surface area contributed by atoms with E-state index in [-0.39, 0.29) is 12.1 Å². The van der Waals surface area contributed by atoms with Gasteiger partial charge in [0.05, 0.1) is 11.7 Å². The zero-order chi connectivity index (χ0) is 11.8. The largest absolute Gasteiger partial charge is 0.461 e. The number of carbonyl (C=O) groups excluding carboxylic acids is 1. The second kappa shape index (κ2) is 7.99. The number of hydrogen-bond donors (Lipinski definition) is 0. The Kier molecular flexibility index (Phi) is 6.93. The Morgan fingerprint density at radius 2 is 1.94 bits per heavy atom. The van der Waals surface area contributed by atoms with Crippen molar-refractivity contribution >= 4 is 17.7 Å². The average molecular weight is 244 g/mol. The van der Waals surface area contributed by atoms with Gasteiger partial charge in [0, 0.05) is 0 Å². The molecule has 0 spiro atoms. The fourth-order valence-electron chi connectivity index (χ4n) is 2.19. The fraction of sp³-hybridized carbons (Fsp3) is 0.923. The van der Waals surface area contributed by atoms with Gasteiger partial charge in [-0.25, -0.2) is 0 Å². The summed E-state index contributed by atoms with van der Waals surface area (Å²) in [6, 6.07) is 0. The van der Waals surface area contributed by atoms with Gasteiger partial charge in [-0.2, -0.15) is 11.8 Å². The fourth-order valence-corrected chi connectivity index (χ4v) is 2.99. The molecule has 0 radical (unpaired) electrons. The summed E-state index contributed by atoms with van der Waals surface area (Å²) < 4.78 is 5.33. The molecule has 1 aliphatic heterocycles. The van der Waals surface area contributed by atoms with Crippen molar-refractivity contribution in [3.8, 4) is 0 Å². The van der Waals surface area contributed by atoms with Gasteiger partial charge in [-0.15, -0.1) is 0 Å². The molecule has 0 aromatic carbocycles. The van der Waals surface area contributed by atoms with E-state index in [4.69, 9.17) is 4.74 Å². The number of ether oxygens (including phenoxy) is 1. The molecule has 2 nitrogen and oxygen atoms in total. The van der Waals surface area contributed by atoms with Gasteiger partial charge in [0.1, 0.15) is 6.10 Å². The van der Waals surface area contributed by atoms with Gasteiger partial charge in [-0.1, -0.05) is 39.0 Å². The highest BCUT2D eigenvalue weighted by Crippen LogP contribution is 2.28. The van der Waals surface area contributed by atoms with Crippen molar-refractivity contribution in [2.45, 2.75) is 69.6 Å². The topological polar surface area (TPSA) is 26.3 Å². The third-order valence-electron chi connectivity index (χ3n) is 3.21. The van der Waals surface area contributed by atoms with E-state index in [9.17, 15) is 4.79 Å². The minimum atomic E-state index is -0.00432. The minimum Gasteiger partial charge on any atom is -0.461 e. The number of unbranched alkanes of at least 4 members (excludes halogenated alkanes) is 5. The van der Waals surface area contributed by atoms with Crippen LogP contribution in [0.5, 0.6) is 0 Å². The molecule has 0 N–H and O–H groups in total. The summed E-state index contributed by atoms with van der Waals surface area (Å²) in [5, 5.41) is 0.406. The molecule has 0 bridgehead atoms. The van der Waals surface area contributed by atoms with E-state index in [1.165, 1.54) is 38.5 Å². The number of carbonyl (C=O) groups is 1. The first-order valence-corrected chi connectivity index (χ1v) is 7.79. The quantitative estimate of drug-likeness (QED) is 0.480. The lowest BCUT2D eigenvalue weighted by Gasteiger charge is -2.15. The van der Waals surface area contributed by atoms with Crippen molar-refractivity contribution in [3.63, 3.8) is 0 Å². The lowest BCUT2D eigenvalue weighted by atomic mass is 10.1. The van der Waals surface area contributed by atoms with E-state index in [2.05, 4.69) is 13.2 Å². The highest BCUT2D eigenvalue weighted by atomic mass is 32.2. The van der Waals surface area contributed by atoms with Gasteiger partial charge < -0.3 is 4.74 Å². The number of cyclic esters (lactones) is 1. The Hall–Kier alpha value is -0.180. The molecule has 0 aliphatic carbocycles. The lowest BCUT2D eigenvalue weighted by molar-refractivity contribution is -0.141. The van der Waals surface area contributed by atoms with Gasteiger partial charge in [-0.3, -0.25) is 4.79 Å². The number of thioether (sulfide) groups is 1. The molecule has 16 heavy (non-hydrogen) atoms. The van der Waals surface area contributed by atoms with Gasteiger partial charge >= 0.3 is 5.97 Å². The summed E-state index contributed by atoms with van der Waals surface area (Å²) >= 11 is 1.77. The molecule has 0 saturated carbocycles. The van der Waals surface area contributed by atoms with Crippen LogP contribution in [0.1, 0.15) is 58.3 Å². The van der Waals surface area contributed by atoms with Crippen LogP contribution in [0.4, 0.5) is 0 Å². The molecule has 1 fully saturated rings.